The summed E-state index contributed by atoms with van der Waals surface area (Å²) in [5.74, 6) is -0.488. The molecule has 0 fully saturated rings. The molecule has 4 N–H and O–H groups in total. The number of aromatic nitrogens is 2. The van der Waals surface area contributed by atoms with Gasteiger partial charge in [-0.05, 0) is 29.3 Å². The Morgan fingerprint density at radius 3 is 1.78 bits per heavy atom. The highest BCUT2D eigenvalue weighted by atomic mass is 16.5. The lowest BCUT2D eigenvalue weighted by Crippen LogP contribution is -2.15. The minimum atomic E-state index is -0.601. The topological polar surface area (TPSA) is 128 Å². The summed E-state index contributed by atoms with van der Waals surface area (Å²) >= 11 is 0. The van der Waals surface area contributed by atoms with E-state index >= 15 is 0 Å². The first-order valence-corrected chi connectivity index (χ1v) is 11.1. The van der Waals surface area contributed by atoms with E-state index in [0.717, 1.165) is 11.1 Å². The Morgan fingerprint density at radius 2 is 1.28 bits per heavy atom. The lowest BCUT2D eigenvalue weighted by atomic mass is 9.99. The van der Waals surface area contributed by atoms with E-state index in [-0.39, 0.29) is 22.9 Å². The van der Waals surface area contributed by atoms with E-state index in [1.54, 1.807) is 0 Å². The lowest BCUT2D eigenvalue weighted by molar-refractivity contribution is 0.0599. The van der Waals surface area contributed by atoms with Gasteiger partial charge in [-0.15, -0.1) is 0 Å². The van der Waals surface area contributed by atoms with Crippen molar-refractivity contribution in [2.24, 2.45) is 0 Å². The summed E-state index contributed by atoms with van der Waals surface area (Å²) in [4.78, 5) is 32.9. The second kappa shape index (κ2) is 11.0. The van der Waals surface area contributed by atoms with Crippen molar-refractivity contribution in [3.05, 3.63) is 107 Å². The Morgan fingerprint density at radius 1 is 0.778 bits per heavy atom. The maximum absolute atomic E-state index is 12.1. The molecule has 36 heavy (non-hydrogen) atoms. The van der Waals surface area contributed by atoms with Gasteiger partial charge in [0.1, 0.15) is 12.0 Å². The van der Waals surface area contributed by atoms with E-state index in [2.05, 4.69) is 20.6 Å². The Bertz CT molecular complexity index is 1290. The first-order valence-electron chi connectivity index (χ1n) is 11.1. The summed E-state index contributed by atoms with van der Waals surface area (Å²) in [5, 5.41) is 6.49. The highest BCUT2D eigenvalue weighted by molar-refractivity contribution is 5.97. The molecular formula is C27H25N5O4. The molecule has 9 nitrogen and oxygen atoms in total. The quantitative estimate of drug-likeness (QED) is 0.309. The van der Waals surface area contributed by atoms with Crippen molar-refractivity contribution in [3.63, 3.8) is 0 Å². The fourth-order valence-corrected chi connectivity index (χ4v) is 3.70. The average Bonchev–Trinajstić information content (AvgIpc) is 2.93. The zero-order valence-electron chi connectivity index (χ0n) is 19.8. The smallest absolute Gasteiger partial charge is 0.337 e. The number of nitrogens with zero attached hydrogens (tertiary/aromatic N) is 2. The average molecular weight is 484 g/mol. The van der Waals surface area contributed by atoms with Gasteiger partial charge in [-0.3, -0.25) is 0 Å². The number of rotatable bonds is 8. The number of carbonyl (C=O) groups excluding carboxylic acids is 2. The normalized spacial score (nSPS) is 10.5. The van der Waals surface area contributed by atoms with E-state index in [4.69, 9.17) is 15.2 Å². The van der Waals surface area contributed by atoms with Crippen LogP contribution in [0.25, 0.3) is 0 Å². The SMILES string of the molecule is COC(=O)c1cc(Nc2ncnc(NC(c3ccccc3)c3ccccc3)c2N)cc(C(=O)OC)c1. The van der Waals surface area contributed by atoms with E-state index in [9.17, 15) is 9.59 Å². The largest absolute Gasteiger partial charge is 0.465 e. The van der Waals surface area contributed by atoms with Crippen LogP contribution in [0.5, 0.6) is 0 Å². The number of nitrogens with one attached hydrogen (secondary N) is 2. The molecule has 0 radical (unpaired) electrons. The minimum absolute atomic E-state index is 0.169. The molecule has 182 valence electrons. The summed E-state index contributed by atoms with van der Waals surface area (Å²) in [6.07, 6.45) is 1.37. The van der Waals surface area contributed by atoms with Gasteiger partial charge in [-0.2, -0.15) is 0 Å². The van der Waals surface area contributed by atoms with Crippen LogP contribution in [0, 0.1) is 0 Å². The number of anilines is 4. The van der Waals surface area contributed by atoms with Gasteiger partial charge in [0.25, 0.3) is 0 Å². The van der Waals surface area contributed by atoms with Crippen molar-refractivity contribution in [1.29, 1.82) is 0 Å². The second-order valence-corrected chi connectivity index (χ2v) is 7.79. The third-order valence-corrected chi connectivity index (χ3v) is 5.47. The van der Waals surface area contributed by atoms with Crippen LogP contribution >= 0.6 is 0 Å². The third kappa shape index (κ3) is 5.41. The van der Waals surface area contributed by atoms with Gasteiger partial charge in [-0.1, -0.05) is 60.7 Å². The Kier molecular flexibility index (Phi) is 7.40. The van der Waals surface area contributed by atoms with Crippen LogP contribution in [0.15, 0.2) is 85.2 Å². The molecule has 0 aliphatic carbocycles. The minimum Gasteiger partial charge on any atom is -0.465 e. The van der Waals surface area contributed by atoms with E-state index in [1.807, 2.05) is 60.7 Å². The molecule has 4 rings (SSSR count). The van der Waals surface area contributed by atoms with Crippen molar-refractivity contribution in [2.45, 2.75) is 6.04 Å². The Balaban J connectivity index is 1.68. The van der Waals surface area contributed by atoms with Crippen LogP contribution in [0.1, 0.15) is 37.9 Å². The van der Waals surface area contributed by atoms with Crippen LogP contribution in [0.3, 0.4) is 0 Å². The van der Waals surface area contributed by atoms with Gasteiger partial charge in [-0.25, -0.2) is 19.6 Å². The molecule has 4 aromatic rings. The Hall–Kier alpha value is -4.92. The third-order valence-electron chi connectivity index (χ3n) is 5.47. The monoisotopic (exact) mass is 483 g/mol. The fourth-order valence-electron chi connectivity index (χ4n) is 3.70. The van der Waals surface area contributed by atoms with Gasteiger partial charge in [0.15, 0.2) is 11.6 Å². The molecular weight excluding hydrogens is 458 g/mol. The molecule has 0 amide bonds. The molecule has 0 aliphatic heterocycles. The van der Waals surface area contributed by atoms with Crippen molar-refractivity contribution in [1.82, 2.24) is 9.97 Å². The van der Waals surface area contributed by atoms with Gasteiger partial charge >= 0.3 is 11.9 Å². The number of hydrogen-bond acceptors (Lipinski definition) is 9. The summed E-state index contributed by atoms with van der Waals surface area (Å²) < 4.78 is 9.60. The molecule has 1 heterocycles. The van der Waals surface area contributed by atoms with Crippen molar-refractivity contribution < 1.29 is 19.1 Å². The molecule has 0 atom stereocenters. The van der Waals surface area contributed by atoms with Gasteiger partial charge in [0, 0.05) is 5.69 Å². The molecule has 0 aliphatic rings. The molecule has 9 heteroatoms. The maximum Gasteiger partial charge on any atom is 0.337 e. The molecule has 0 saturated heterocycles. The van der Waals surface area contributed by atoms with Crippen molar-refractivity contribution in [3.8, 4) is 0 Å². The van der Waals surface area contributed by atoms with Crippen LogP contribution < -0.4 is 16.4 Å². The highest BCUT2D eigenvalue weighted by Crippen LogP contribution is 2.32. The summed E-state index contributed by atoms with van der Waals surface area (Å²) in [5.41, 5.74) is 9.51. The van der Waals surface area contributed by atoms with Gasteiger partial charge in [0.05, 0.1) is 31.4 Å². The number of carbonyl (C=O) groups is 2. The van der Waals surface area contributed by atoms with E-state index < -0.39 is 11.9 Å². The standard InChI is InChI=1S/C27H25N5O4/c1-35-26(33)19-13-20(27(34)36-2)15-21(14-19)31-24-22(28)25(30-16-29-24)32-23(17-9-5-3-6-10-17)18-11-7-4-8-12-18/h3-16,23H,28H2,1-2H3,(H2,29,30,31,32). The molecule has 3 aromatic carbocycles. The van der Waals surface area contributed by atoms with Gasteiger partial charge in [0.2, 0.25) is 0 Å². The van der Waals surface area contributed by atoms with E-state index in [1.165, 1.54) is 38.7 Å². The van der Waals surface area contributed by atoms with Crippen LogP contribution in [-0.2, 0) is 9.47 Å². The fraction of sp³-hybridized carbons (Fsp3) is 0.111. The zero-order chi connectivity index (χ0) is 25.5. The first-order chi connectivity index (χ1) is 17.5. The maximum atomic E-state index is 12.1. The van der Waals surface area contributed by atoms with Crippen LogP contribution in [-0.4, -0.2) is 36.1 Å². The summed E-state index contributed by atoms with van der Waals surface area (Å²) in [6, 6.07) is 24.1. The molecule has 0 unspecified atom stereocenters. The number of nitrogens with two attached hydrogens (primary N) is 1. The summed E-state index contributed by atoms with van der Waals surface area (Å²) in [7, 11) is 2.52. The number of benzene rings is 3. The van der Waals surface area contributed by atoms with Crippen LogP contribution in [0.2, 0.25) is 0 Å². The highest BCUT2D eigenvalue weighted by Gasteiger charge is 2.19. The number of esters is 2. The lowest BCUT2D eigenvalue weighted by Gasteiger charge is -2.22. The van der Waals surface area contributed by atoms with Gasteiger partial charge < -0.3 is 25.8 Å². The predicted molar refractivity (Wildman–Crippen MR) is 137 cm³/mol. The first kappa shape index (κ1) is 24.2. The number of ether oxygens (including phenoxy) is 2. The Labute approximate surface area is 208 Å². The molecule has 0 saturated carbocycles. The molecule has 0 spiro atoms. The summed E-state index contributed by atoms with van der Waals surface area (Å²) in [6.45, 7) is 0. The van der Waals surface area contributed by atoms with Crippen molar-refractivity contribution in [2.75, 3.05) is 30.6 Å². The van der Waals surface area contributed by atoms with Crippen LogP contribution in [0.4, 0.5) is 23.0 Å². The number of nitrogen functional groups attached to an aromatic ring is 1. The van der Waals surface area contributed by atoms with Crippen molar-refractivity contribution >= 4 is 34.9 Å². The number of hydrogen-bond donors (Lipinski definition) is 3. The van der Waals surface area contributed by atoms with E-state index in [0.29, 0.717) is 17.3 Å². The zero-order valence-corrected chi connectivity index (χ0v) is 19.8. The second-order valence-electron chi connectivity index (χ2n) is 7.79. The number of methoxy groups -OCH3 is 2. The molecule has 0 bridgehead atoms. The molecule has 1 aromatic heterocycles. The predicted octanol–water partition coefficient (Wildman–Crippen LogP) is 4.58.